The van der Waals surface area contributed by atoms with Crippen LogP contribution in [0, 0.1) is 0 Å². The molecule has 2 aromatic carbocycles. The van der Waals surface area contributed by atoms with Gasteiger partial charge in [0.15, 0.2) is 0 Å². The number of hydrogen-bond donors (Lipinski definition) is 1. The van der Waals surface area contributed by atoms with Crippen molar-refractivity contribution in [2.45, 2.75) is 13.0 Å². The van der Waals surface area contributed by atoms with E-state index in [1.165, 1.54) is 5.56 Å². The third-order valence-corrected chi connectivity index (χ3v) is 3.55. The zero-order valence-electron chi connectivity index (χ0n) is 12.4. The quantitative estimate of drug-likeness (QED) is 0.791. The third kappa shape index (κ3) is 4.66. The summed E-state index contributed by atoms with van der Waals surface area (Å²) >= 11 is 5.87. The van der Waals surface area contributed by atoms with Gasteiger partial charge in [-0.25, -0.2) is 0 Å². The van der Waals surface area contributed by atoms with E-state index in [1.54, 1.807) is 14.2 Å². The molecule has 1 N–H and O–H groups in total. The fourth-order valence-electron chi connectivity index (χ4n) is 2.14. The summed E-state index contributed by atoms with van der Waals surface area (Å²) in [5.74, 6) is 1.74. The van der Waals surface area contributed by atoms with Gasteiger partial charge in [-0.3, -0.25) is 0 Å². The van der Waals surface area contributed by atoms with E-state index in [2.05, 4.69) is 5.32 Å². The second-order valence-electron chi connectivity index (χ2n) is 4.73. The predicted molar refractivity (Wildman–Crippen MR) is 86.4 cm³/mol. The molecule has 3 nitrogen and oxygen atoms in total. The van der Waals surface area contributed by atoms with Crippen LogP contribution in [0.5, 0.6) is 11.5 Å². The van der Waals surface area contributed by atoms with Crippen LogP contribution in [-0.4, -0.2) is 20.8 Å². The van der Waals surface area contributed by atoms with Crippen molar-refractivity contribution >= 4 is 11.6 Å². The largest absolute Gasteiger partial charge is 0.497 e. The van der Waals surface area contributed by atoms with Crippen LogP contribution in [0.4, 0.5) is 0 Å². The van der Waals surface area contributed by atoms with E-state index >= 15 is 0 Å². The maximum absolute atomic E-state index is 5.87. The second kappa shape index (κ2) is 7.91. The van der Waals surface area contributed by atoms with E-state index < -0.39 is 0 Å². The highest BCUT2D eigenvalue weighted by atomic mass is 35.5. The van der Waals surface area contributed by atoms with Crippen molar-refractivity contribution in [2.75, 3.05) is 20.8 Å². The van der Waals surface area contributed by atoms with Crippen molar-refractivity contribution < 1.29 is 9.47 Å². The maximum atomic E-state index is 5.87. The molecule has 0 fully saturated rings. The Hall–Kier alpha value is -1.71. The highest BCUT2D eigenvalue weighted by molar-refractivity contribution is 6.30. The molecule has 0 heterocycles. The van der Waals surface area contributed by atoms with Gasteiger partial charge in [-0.05, 0) is 54.4 Å². The van der Waals surface area contributed by atoms with Crippen LogP contribution >= 0.6 is 11.6 Å². The number of methoxy groups -OCH3 is 2. The van der Waals surface area contributed by atoms with E-state index in [9.17, 15) is 0 Å². The summed E-state index contributed by atoms with van der Waals surface area (Å²) in [7, 11) is 3.36. The van der Waals surface area contributed by atoms with Crippen LogP contribution in [0.2, 0.25) is 5.02 Å². The van der Waals surface area contributed by atoms with E-state index in [1.807, 2.05) is 42.5 Å². The molecule has 0 aliphatic carbocycles. The Morgan fingerprint density at radius 1 is 1.00 bits per heavy atom. The molecule has 0 aromatic heterocycles. The van der Waals surface area contributed by atoms with Gasteiger partial charge in [-0.2, -0.15) is 0 Å². The third-order valence-electron chi connectivity index (χ3n) is 3.30. The minimum atomic E-state index is 0.764. The molecular formula is C17H20ClNO2. The lowest BCUT2D eigenvalue weighted by atomic mass is 10.1. The number of ether oxygens (including phenoxy) is 2. The van der Waals surface area contributed by atoms with E-state index in [-0.39, 0.29) is 0 Å². The molecule has 4 heteroatoms. The molecule has 0 spiro atoms. The van der Waals surface area contributed by atoms with E-state index in [0.717, 1.165) is 41.6 Å². The number of hydrogen-bond acceptors (Lipinski definition) is 3. The highest BCUT2D eigenvalue weighted by Crippen LogP contribution is 2.24. The minimum Gasteiger partial charge on any atom is -0.497 e. The van der Waals surface area contributed by atoms with E-state index in [0.29, 0.717) is 0 Å². The van der Waals surface area contributed by atoms with Gasteiger partial charge in [0, 0.05) is 11.6 Å². The van der Waals surface area contributed by atoms with E-state index in [4.69, 9.17) is 21.1 Å². The Kier molecular flexibility index (Phi) is 5.90. The molecule has 0 radical (unpaired) electrons. The molecular weight excluding hydrogens is 286 g/mol. The average molecular weight is 306 g/mol. The highest BCUT2D eigenvalue weighted by Gasteiger charge is 2.04. The number of benzene rings is 2. The first kappa shape index (κ1) is 15.7. The lowest BCUT2D eigenvalue weighted by Gasteiger charge is -2.11. The molecule has 0 aliphatic rings. The van der Waals surface area contributed by atoms with Crippen LogP contribution in [-0.2, 0) is 13.0 Å². The molecule has 0 atom stereocenters. The zero-order valence-corrected chi connectivity index (χ0v) is 13.1. The number of nitrogens with one attached hydrogen (secondary N) is 1. The first-order valence-electron chi connectivity index (χ1n) is 6.89. The molecule has 0 saturated heterocycles. The number of rotatable bonds is 7. The fourth-order valence-corrected chi connectivity index (χ4v) is 2.26. The maximum Gasteiger partial charge on any atom is 0.122 e. The summed E-state index contributed by atoms with van der Waals surface area (Å²) in [5.41, 5.74) is 2.36. The van der Waals surface area contributed by atoms with Crippen molar-refractivity contribution in [3.63, 3.8) is 0 Å². The van der Waals surface area contributed by atoms with Gasteiger partial charge in [-0.1, -0.05) is 23.7 Å². The van der Waals surface area contributed by atoms with Crippen molar-refractivity contribution in [2.24, 2.45) is 0 Å². The second-order valence-corrected chi connectivity index (χ2v) is 5.17. The average Bonchev–Trinajstić information content (AvgIpc) is 2.53. The first-order chi connectivity index (χ1) is 10.2. The molecule has 112 valence electrons. The Morgan fingerprint density at radius 3 is 2.43 bits per heavy atom. The SMILES string of the molecule is COc1ccc(OC)c(CCNCc2ccc(Cl)cc2)c1. The molecule has 0 unspecified atom stereocenters. The first-order valence-corrected chi connectivity index (χ1v) is 7.27. The molecule has 2 aromatic rings. The van der Waals surface area contributed by atoms with Crippen molar-refractivity contribution in [3.8, 4) is 11.5 Å². The van der Waals surface area contributed by atoms with Gasteiger partial charge in [-0.15, -0.1) is 0 Å². The molecule has 0 aliphatic heterocycles. The molecule has 0 bridgehead atoms. The summed E-state index contributed by atoms with van der Waals surface area (Å²) in [6.07, 6.45) is 0.883. The molecule has 0 amide bonds. The molecule has 2 rings (SSSR count). The van der Waals surface area contributed by atoms with Gasteiger partial charge in [0.2, 0.25) is 0 Å². The minimum absolute atomic E-state index is 0.764. The Bertz CT molecular complexity index is 570. The van der Waals surface area contributed by atoms with Crippen LogP contribution < -0.4 is 14.8 Å². The Balaban J connectivity index is 1.86. The van der Waals surface area contributed by atoms with Gasteiger partial charge in [0.05, 0.1) is 14.2 Å². The smallest absolute Gasteiger partial charge is 0.122 e. The summed E-state index contributed by atoms with van der Waals surface area (Å²) in [4.78, 5) is 0. The normalized spacial score (nSPS) is 10.4. The van der Waals surface area contributed by atoms with Crippen molar-refractivity contribution in [1.29, 1.82) is 0 Å². The molecule has 21 heavy (non-hydrogen) atoms. The van der Waals surface area contributed by atoms with Crippen LogP contribution in [0.15, 0.2) is 42.5 Å². The van der Waals surface area contributed by atoms with Crippen molar-refractivity contribution in [3.05, 3.63) is 58.6 Å². The van der Waals surface area contributed by atoms with Gasteiger partial charge >= 0.3 is 0 Å². The fraction of sp³-hybridized carbons (Fsp3) is 0.294. The summed E-state index contributed by atoms with van der Waals surface area (Å²) in [6.45, 7) is 1.69. The van der Waals surface area contributed by atoms with Crippen molar-refractivity contribution in [1.82, 2.24) is 5.32 Å². The zero-order chi connectivity index (χ0) is 15.1. The lowest BCUT2D eigenvalue weighted by molar-refractivity contribution is 0.398. The molecule has 0 saturated carbocycles. The monoisotopic (exact) mass is 305 g/mol. The predicted octanol–water partition coefficient (Wildman–Crippen LogP) is 3.69. The summed E-state index contributed by atoms with van der Waals surface area (Å²) in [6, 6.07) is 13.7. The summed E-state index contributed by atoms with van der Waals surface area (Å²) in [5, 5.41) is 4.18. The standard InChI is InChI=1S/C17H20ClNO2/c1-20-16-7-8-17(21-2)14(11-16)9-10-19-12-13-3-5-15(18)6-4-13/h3-8,11,19H,9-10,12H2,1-2H3. The topological polar surface area (TPSA) is 30.5 Å². The van der Waals surface area contributed by atoms with Gasteiger partial charge in [0.1, 0.15) is 11.5 Å². The lowest BCUT2D eigenvalue weighted by Crippen LogP contribution is -2.17. The van der Waals surface area contributed by atoms with Crippen LogP contribution in [0.1, 0.15) is 11.1 Å². The van der Waals surface area contributed by atoms with Gasteiger partial charge < -0.3 is 14.8 Å². The summed E-state index contributed by atoms with van der Waals surface area (Å²) < 4.78 is 10.6. The van der Waals surface area contributed by atoms with Crippen LogP contribution in [0.25, 0.3) is 0 Å². The van der Waals surface area contributed by atoms with Crippen LogP contribution in [0.3, 0.4) is 0 Å². The van der Waals surface area contributed by atoms with Gasteiger partial charge in [0.25, 0.3) is 0 Å². The Labute approximate surface area is 130 Å². The number of halogens is 1. The Morgan fingerprint density at radius 2 is 1.76 bits per heavy atom.